The third-order valence-electron chi connectivity index (χ3n) is 5.80. The Morgan fingerprint density at radius 3 is 2.25 bits per heavy atom. The number of amides is 3. The van der Waals surface area contributed by atoms with E-state index in [9.17, 15) is 19.2 Å². The first-order valence-electron chi connectivity index (χ1n) is 10.9. The number of nitrogens with one attached hydrogen (secondary N) is 2. The number of carbonyl (C=O) groups excluding carboxylic acids is 4. The molecule has 1 aliphatic rings. The lowest BCUT2D eigenvalue weighted by atomic mass is 10.1. The topological polar surface area (TPSA) is 105 Å². The van der Waals surface area contributed by atoms with E-state index in [0.29, 0.717) is 28.2 Å². The molecular weight excluding hydrogens is 482 g/mol. The molecule has 3 aromatic rings. The molecule has 0 saturated heterocycles. The number of benzene rings is 3. The normalized spacial score (nSPS) is 13.2. The number of methoxy groups -OCH3 is 1. The zero-order chi connectivity index (χ0) is 26.0. The molecule has 182 valence electrons. The lowest BCUT2D eigenvalue weighted by Crippen LogP contribution is -2.33. The van der Waals surface area contributed by atoms with Gasteiger partial charge < -0.3 is 15.4 Å². The molecule has 8 nitrogen and oxygen atoms in total. The molecule has 3 amide bonds. The summed E-state index contributed by atoms with van der Waals surface area (Å²) < 4.78 is 4.66. The number of nitrogens with zero attached hydrogens (tertiary/aromatic N) is 1. The average Bonchev–Trinajstić information content (AvgIpc) is 3.09. The minimum atomic E-state index is -0.623. The van der Waals surface area contributed by atoms with Gasteiger partial charge in [0.05, 0.1) is 18.4 Å². The molecule has 2 N–H and O–H groups in total. The van der Waals surface area contributed by atoms with Crippen LogP contribution in [0.2, 0.25) is 0 Å². The van der Waals surface area contributed by atoms with Crippen LogP contribution in [0, 0.1) is 13.8 Å². The largest absolute Gasteiger partial charge is 0.465 e. The fraction of sp³-hybridized carbons (Fsp3) is 0.111. The Balaban J connectivity index is 1.52. The number of rotatable bonds is 6. The summed E-state index contributed by atoms with van der Waals surface area (Å²) in [6, 6.07) is 18.0. The van der Waals surface area contributed by atoms with Crippen molar-refractivity contribution < 1.29 is 23.9 Å². The van der Waals surface area contributed by atoms with E-state index in [2.05, 4.69) is 15.4 Å². The maximum absolute atomic E-state index is 13.1. The van der Waals surface area contributed by atoms with Crippen LogP contribution in [-0.4, -0.2) is 30.8 Å². The van der Waals surface area contributed by atoms with Gasteiger partial charge in [-0.25, -0.2) is 9.69 Å². The van der Waals surface area contributed by atoms with E-state index in [1.807, 2.05) is 19.9 Å². The molecule has 1 aliphatic heterocycles. The van der Waals surface area contributed by atoms with Gasteiger partial charge >= 0.3 is 5.97 Å². The highest BCUT2D eigenvalue weighted by Crippen LogP contribution is 2.33. The van der Waals surface area contributed by atoms with Crippen molar-refractivity contribution in [1.29, 1.82) is 0 Å². The number of hydrogen-bond acceptors (Lipinski definition) is 6. The second kappa shape index (κ2) is 10.1. The van der Waals surface area contributed by atoms with Crippen molar-refractivity contribution in [2.75, 3.05) is 22.6 Å². The van der Waals surface area contributed by atoms with E-state index >= 15 is 0 Å². The summed E-state index contributed by atoms with van der Waals surface area (Å²) in [5.74, 6) is -2.09. The number of hydrogen-bond donors (Lipinski definition) is 2. The lowest BCUT2D eigenvalue weighted by molar-refractivity contribution is -0.120. The summed E-state index contributed by atoms with van der Waals surface area (Å²) in [6.07, 6.45) is 0. The molecule has 1 heterocycles. The van der Waals surface area contributed by atoms with Crippen LogP contribution in [0.1, 0.15) is 31.8 Å². The molecular formula is C27H22ClN3O5. The summed E-state index contributed by atoms with van der Waals surface area (Å²) in [7, 11) is 1.29. The predicted octanol–water partition coefficient (Wildman–Crippen LogP) is 4.78. The molecule has 0 bridgehead atoms. The van der Waals surface area contributed by atoms with Crippen molar-refractivity contribution in [1.82, 2.24) is 0 Å². The van der Waals surface area contributed by atoms with E-state index in [1.165, 1.54) is 25.3 Å². The molecule has 0 spiro atoms. The number of esters is 1. The van der Waals surface area contributed by atoms with Gasteiger partial charge in [0.15, 0.2) is 0 Å². The van der Waals surface area contributed by atoms with Crippen molar-refractivity contribution in [3.63, 3.8) is 0 Å². The molecule has 0 atom stereocenters. The van der Waals surface area contributed by atoms with Gasteiger partial charge in [0.25, 0.3) is 17.7 Å². The zero-order valence-electron chi connectivity index (χ0n) is 19.7. The number of imide groups is 1. The molecule has 36 heavy (non-hydrogen) atoms. The van der Waals surface area contributed by atoms with Gasteiger partial charge in [-0.15, -0.1) is 0 Å². The van der Waals surface area contributed by atoms with E-state index < -0.39 is 23.7 Å². The van der Waals surface area contributed by atoms with Gasteiger partial charge in [-0.2, -0.15) is 0 Å². The van der Waals surface area contributed by atoms with Gasteiger partial charge in [-0.3, -0.25) is 14.4 Å². The maximum atomic E-state index is 13.1. The summed E-state index contributed by atoms with van der Waals surface area (Å²) in [4.78, 5) is 51.3. The number of anilines is 3. The second-order valence-corrected chi connectivity index (χ2v) is 8.46. The minimum absolute atomic E-state index is 0.0708. The van der Waals surface area contributed by atoms with Gasteiger partial charge in [-0.05, 0) is 73.5 Å². The Morgan fingerprint density at radius 2 is 1.56 bits per heavy atom. The van der Waals surface area contributed by atoms with Crippen LogP contribution in [0.5, 0.6) is 0 Å². The van der Waals surface area contributed by atoms with E-state index in [4.69, 9.17) is 11.6 Å². The van der Waals surface area contributed by atoms with Gasteiger partial charge in [0.1, 0.15) is 10.7 Å². The standard InChI is InChI=1S/C27H22ClN3O5/c1-15-6-4-9-21(16(15)2)31-25(33)22(28)23(26(31)34)29-20-8-5-7-18(14-20)24(32)30-19-12-10-17(11-13-19)27(35)36-3/h4-14,29H,1-3H3,(H,30,32). The number of carbonyl (C=O) groups is 4. The van der Waals surface area contributed by atoms with Gasteiger partial charge in [0, 0.05) is 16.9 Å². The molecule has 9 heteroatoms. The van der Waals surface area contributed by atoms with E-state index in [1.54, 1.807) is 42.5 Å². The highest BCUT2D eigenvalue weighted by Gasteiger charge is 2.39. The van der Waals surface area contributed by atoms with Crippen molar-refractivity contribution in [2.24, 2.45) is 0 Å². The Kier molecular flexibility index (Phi) is 6.89. The summed E-state index contributed by atoms with van der Waals surface area (Å²) in [5.41, 5.74) is 3.67. The quantitative estimate of drug-likeness (QED) is 0.370. The molecule has 0 radical (unpaired) electrons. The second-order valence-electron chi connectivity index (χ2n) is 8.08. The number of ether oxygens (including phenoxy) is 1. The monoisotopic (exact) mass is 503 g/mol. The molecule has 0 fully saturated rings. The van der Waals surface area contributed by atoms with Crippen molar-refractivity contribution in [2.45, 2.75) is 13.8 Å². The van der Waals surface area contributed by atoms with Crippen LogP contribution >= 0.6 is 11.6 Å². The average molecular weight is 504 g/mol. The molecule has 3 aromatic carbocycles. The SMILES string of the molecule is COC(=O)c1ccc(NC(=O)c2cccc(NC3=C(Cl)C(=O)N(c4cccc(C)c4C)C3=O)c2)cc1. The third kappa shape index (κ3) is 4.71. The first-order chi connectivity index (χ1) is 17.2. The highest BCUT2D eigenvalue weighted by molar-refractivity contribution is 6.53. The smallest absolute Gasteiger partial charge is 0.337 e. The summed E-state index contributed by atoms with van der Waals surface area (Å²) in [5, 5.41) is 5.40. The maximum Gasteiger partial charge on any atom is 0.337 e. The third-order valence-corrected chi connectivity index (χ3v) is 6.15. The predicted molar refractivity (Wildman–Crippen MR) is 137 cm³/mol. The van der Waals surface area contributed by atoms with Crippen LogP contribution in [0.3, 0.4) is 0 Å². The molecule has 0 aliphatic carbocycles. The van der Waals surface area contributed by atoms with Crippen molar-refractivity contribution >= 4 is 52.4 Å². The van der Waals surface area contributed by atoms with Crippen LogP contribution in [0.4, 0.5) is 17.1 Å². The molecule has 0 saturated carbocycles. The fourth-order valence-electron chi connectivity index (χ4n) is 3.70. The molecule has 0 unspecified atom stereocenters. The van der Waals surface area contributed by atoms with Crippen LogP contribution in [0.15, 0.2) is 77.5 Å². The Bertz CT molecular complexity index is 1430. The van der Waals surface area contributed by atoms with Crippen molar-refractivity contribution in [3.8, 4) is 0 Å². The van der Waals surface area contributed by atoms with Crippen LogP contribution in [0.25, 0.3) is 0 Å². The molecule has 0 aromatic heterocycles. The lowest BCUT2D eigenvalue weighted by Gasteiger charge is -2.18. The van der Waals surface area contributed by atoms with E-state index in [-0.39, 0.29) is 10.7 Å². The number of aryl methyl sites for hydroxylation is 1. The van der Waals surface area contributed by atoms with Crippen LogP contribution < -0.4 is 15.5 Å². The van der Waals surface area contributed by atoms with Crippen molar-refractivity contribution in [3.05, 3.63) is 99.7 Å². The first kappa shape index (κ1) is 24.7. The first-order valence-corrected chi connectivity index (χ1v) is 11.3. The minimum Gasteiger partial charge on any atom is -0.465 e. The van der Waals surface area contributed by atoms with Gasteiger partial charge in [0.2, 0.25) is 0 Å². The Morgan fingerprint density at radius 1 is 0.861 bits per heavy atom. The highest BCUT2D eigenvalue weighted by atomic mass is 35.5. The Hall–Kier alpha value is -4.43. The molecule has 4 rings (SSSR count). The number of halogens is 1. The van der Waals surface area contributed by atoms with E-state index in [0.717, 1.165) is 16.0 Å². The summed E-state index contributed by atoms with van der Waals surface area (Å²) in [6.45, 7) is 3.72. The fourth-order valence-corrected chi connectivity index (χ4v) is 3.91. The van der Waals surface area contributed by atoms with Gasteiger partial charge in [-0.1, -0.05) is 29.8 Å². The van der Waals surface area contributed by atoms with Crippen LogP contribution in [-0.2, 0) is 14.3 Å². The summed E-state index contributed by atoms with van der Waals surface area (Å²) >= 11 is 6.26. The zero-order valence-corrected chi connectivity index (χ0v) is 20.5. The Labute approximate surface area is 212 Å².